The molecule has 1 aromatic carbocycles. The predicted molar refractivity (Wildman–Crippen MR) is 52.3 cm³/mol. The van der Waals surface area contributed by atoms with Crippen LogP contribution in [-0.4, -0.2) is 4.92 Å². The number of nitro benzene ring substituents is 1. The number of nitro groups is 1. The molecule has 1 rings (SSSR count). The van der Waals surface area contributed by atoms with Gasteiger partial charge in [0.2, 0.25) is 0 Å². The van der Waals surface area contributed by atoms with Crippen LogP contribution in [0.5, 0.6) is 0 Å². The summed E-state index contributed by atoms with van der Waals surface area (Å²) in [6.45, 7) is 1.50. The fourth-order valence-electron chi connectivity index (χ4n) is 0.992. The first kappa shape index (κ1) is 10.1. The Labute approximate surface area is 84.4 Å². The van der Waals surface area contributed by atoms with Gasteiger partial charge in [-0.15, -0.1) is 0 Å². The van der Waals surface area contributed by atoms with E-state index in [2.05, 4.69) is 0 Å². The van der Waals surface area contributed by atoms with Gasteiger partial charge in [0.15, 0.2) is 0 Å². The topological polar surface area (TPSA) is 69.2 Å². The van der Waals surface area contributed by atoms with Crippen LogP contribution in [-0.2, 0) is 0 Å². The van der Waals surface area contributed by atoms with Crippen LogP contribution < -0.4 is 5.73 Å². The highest BCUT2D eigenvalue weighted by Crippen LogP contribution is 2.36. The molecule has 0 amide bonds. The molecule has 0 radical (unpaired) electrons. The van der Waals surface area contributed by atoms with Crippen LogP contribution in [0.25, 0.3) is 0 Å². The summed E-state index contributed by atoms with van der Waals surface area (Å²) in [6, 6.07) is 1.27. The lowest BCUT2D eigenvalue weighted by Gasteiger charge is -2.04. The quantitative estimate of drug-likeness (QED) is 0.450. The number of hydrogen-bond donors (Lipinski definition) is 1. The maximum absolute atomic E-state index is 10.5. The molecule has 0 heterocycles. The van der Waals surface area contributed by atoms with Crippen molar-refractivity contribution in [2.75, 3.05) is 5.73 Å². The predicted octanol–water partition coefficient (Wildman–Crippen LogP) is 2.79. The SMILES string of the molecule is Cc1c(Cl)c(N)cc(Cl)c1[N+](=O)[O-]. The van der Waals surface area contributed by atoms with E-state index in [4.69, 9.17) is 28.9 Å². The molecule has 6 heteroatoms. The van der Waals surface area contributed by atoms with Crippen molar-refractivity contribution in [1.29, 1.82) is 0 Å². The van der Waals surface area contributed by atoms with Crippen LogP contribution >= 0.6 is 23.2 Å². The van der Waals surface area contributed by atoms with Crippen molar-refractivity contribution in [3.05, 3.63) is 31.8 Å². The van der Waals surface area contributed by atoms with E-state index in [1.54, 1.807) is 0 Å². The number of benzene rings is 1. The Morgan fingerprint density at radius 3 is 2.54 bits per heavy atom. The van der Waals surface area contributed by atoms with Gasteiger partial charge in [-0.05, 0) is 13.0 Å². The highest BCUT2D eigenvalue weighted by atomic mass is 35.5. The smallest absolute Gasteiger partial charge is 0.292 e. The highest BCUT2D eigenvalue weighted by Gasteiger charge is 2.20. The van der Waals surface area contributed by atoms with Crippen molar-refractivity contribution < 1.29 is 4.92 Å². The molecule has 4 nitrogen and oxygen atoms in total. The lowest BCUT2D eigenvalue weighted by Crippen LogP contribution is -1.97. The first-order valence-corrected chi connectivity index (χ1v) is 4.09. The van der Waals surface area contributed by atoms with Crippen molar-refractivity contribution in [3.63, 3.8) is 0 Å². The van der Waals surface area contributed by atoms with E-state index in [1.165, 1.54) is 13.0 Å². The van der Waals surface area contributed by atoms with E-state index in [9.17, 15) is 10.1 Å². The molecule has 2 N–H and O–H groups in total. The third-order valence-corrected chi connectivity index (χ3v) is 2.42. The van der Waals surface area contributed by atoms with Gasteiger partial charge in [0.25, 0.3) is 5.69 Å². The first-order chi connectivity index (χ1) is 5.95. The molecule has 1 aromatic rings. The molecule has 0 aliphatic rings. The maximum atomic E-state index is 10.5. The Morgan fingerprint density at radius 1 is 1.54 bits per heavy atom. The Morgan fingerprint density at radius 2 is 2.08 bits per heavy atom. The average molecular weight is 221 g/mol. The molecule has 0 saturated carbocycles. The van der Waals surface area contributed by atoms with Crippen LogP contribution in [0.3, 0.4) is 0 Å². The summed E-state index contributed by atoms with van der Waals surface area (Å²) in [5, 5.41) is 10.7. The van der Waals surface area contributed by atoms with E-state index in [0.717, 1.165) is 0 Å². The van der Waals surface area contributed by atoms with Gasteiger partial charge < -0.3 is 5.73 Å². The van der Waals surface area contributed by atoms with Crippen LogP contribution in [0.2, 0.25) is 10.0 Å². The van der Waals surface area contributed by atoms with Crippen molar-refractivity contribution >= 4 is 34.6 Å². The second-order valence-corrected chi connectivity index (χ2v) is 3.28. The number of nitrogens with two attached hydrogens (primary N) is 1. The number of nitrogen functional groups attached to an aromatic ring is 1. The summed E-state index contributed by atoms with van der Waals surface area (Å²) in [7, 11) is 0. The minimum Gasteiger partial charge on any atom is -0.397 e. The summed E-state index contributed by atoms with van der Waals surface area (Å²) >= 11 is 11.3. The van der Waals surface area contributed by atoms with Crippen molar-refractivity contribution in [2.45, 2.75) is 6.92 Å². The van der Waals surface area contributed by atoms with Crippen molar-refractivity contribution in [2.24, 2.45) is 0 Å². The number of hydrogen-bond acceptors (Lipinski definition) is 3. The van der Waals surface area contributed by atoms with Gasteiger partial charge in [-0.2, -0.15) is 0 Å². The summed E-state index contributed by atoms with van der Waals surface area (Å²) in [5.41, 5.74) is 5.79. The van der Waals surface area contributed by atoms with E-state index >= 15 is 0 Å². The normalized spacial score (nSPS) is 10.1. The molecule has 0 spiro atoms. The lowest BCUT2D eigenvalue weighted by atomic mass is 10.2. The summed E-state index contributed by atoms with van der Waals surface area (Å²) in [4.78, 5) is 9.95. The molecule has 0 unspecified atom stereocenters. The van der Waals surface area contributed by atoms with Gasteiger partial charge >= 0.3 is 0 Å². The van der Waals surface area contributed by atoms with E-state index in [1.807, 2.05) is 0 Å². The monoisotopic (exact) mass is 220 g/mol. The Kier molecular flexibility index (Phi) is 2.63. The van der Waals surface area contributed by atoms with E-state index < -0.39 is 4.92 Å². The number of anilines is 1. The summed E-state index contributed by atoms with van der Waals surface area (Å²) < 4.78 is 0. The Bertz CT molecular complexity index is 379. The van der Waals surface area contributed by atoms with Gasteiger partial charge in [-0.1, -0.05) is 23.2 Å². The highest BCUT2D eigenvalue weighted by molar-refractivity contribution is 6.37. The van der Waals surface area contributed by atoms with Gasteiger partial charge in [-0.25, -0.2) is 0 Å². The number of nitrogens with zero attached hydrogens (tertiary/aromatic N) is 1. The molecule has 0 fully saturated rings. The van der Waals surface area contributed by atoms with Crippen molar-refractivity contribution in [3.8, 4) is 0 Å². The molecule has 0 bridgehead atoms. The zero-order valence-electron chi connectivity index (χ0n) is 6.67. The molecular weight excluding hydrogens is 215 g/mol. The molecule has 0 saturated heterocycles. The maximum Gasteiger partial charge on any atom is 0.292 e. The summed E-state index contributed by atoms with van der Waals surface area (Å²) in [5.74, 6) is 0. The molecule has 0 atom stereocenters. The number of rotatable bonds is 1. The zero-order valence-corrected chi connectivity index (χ0v) is 8.19. The van der Waals surface area contributed by atoms with E-state index in [-0.39, 0.29) is 27.0 Å². The van der Waals surface area contributed by atoms with Crippen LogP contribution in [0.15, 0.2) is 6.07 Å². The third-order valence-electron chi connectivity index (χ3n) is 1.63. The van der Waals surface area contributed by atoms with Gasteiger partial charge in [0.1, 0.15) is 5.02 Å². The Balaban J connectivity index is 3.53. The van der Waals surface area contributed by atoms with Gasteiger partial charge in [0.05, 0.1) is 15.6 Å². The fraction of sp³-hybridized carbons (Fsp3) is 0.143. The standard InChI is InChI=1S/C7H6Cl2N2O2/c1-3-6(9)5(10)2-4(8)7(3)11(12)13/h2H,10H2,1H3. The zero-order chi connectivity index (χ0) is 10.2. The third kappa shape index (κ3) is 1.68. The average Bonchev–Trinajstić information content (AvgIpc) is 1.99. The van der Waals surface area contributed by atoms with Crippen molar-refractivity contribution in [1.82, 2.24) is 0 Å². The largest absolute Gasteiger partial charge is 0.397 e. The molecule has 0 aromatic heterocycles. The minimum atomic E-state index is -0.580. The summed E-state index contributed by atoms with van der Waals surface area (Å²) in [6.07, 6.45) is 0. The number of halogens is 2. The second-order valence-electron chi connectivity index (χ2n) is 2.49. The lowest BCUT2D eigenvalue weighted by molar-refractivity contribution is -0.385. The Hall–Kier alpha value is -1.00. The molecule has 13 heavy (non-hydrogen) atoms. The minimum absolute atomic E-state index is 0.00407. The van der Waals surface area contributed by atoms with Gasteiger partial charge in [0, 0.05) is 5.56 Å². The van der Waals surface area contributed by atoms with Crippen LogP contribution in [0, 0.1) is 17.0 Å². The van der Waals surface area contributed by atoms with Crippen LogP contribution in [0.4, 0.5) is 11.4 Å². The molecular formula is C7H6Cl2N2O2. The molecule has 0 aliphatic carbocycles. The van der Waals surface area contributed by atoms with Crippen LogP contribution in [0.1, 0.15) is 5.56 Å². The molecule has 0 aliphatic heterocycles. The van der Waals surface area contributed by atoms with Gasteiger partial charge in [-0.3, -0.25) is 10.1 Å². The fourth-order valence-corrected chi connectivity index (χ4v) is 1.46. The van der Waals surface area contributed by atoms with E-state index in [0.29, 0.717) is 0 Å². The molecule has 70 valence electrons. The first-order valence-electron chi connectivity index (χ1n) is 3.33. The second kappa shape index (κ2) is 3.40.